The molecule has 0 aliphatic carbocycles. The molecule has 0 nitrogen and oxygen atoms in total. The Labute approximate surface area is 88.0 Å². The van der Waals surface area contributed by atoms with Gasteiger partial charge in [-0.3, -0.25) is 0 Å². The van der Waals surface area contributed by atoms with Crippen LogP contribution in [-0.4, -0.2) is 0 Å². The summed E-state index contributed by atoms with van der Waals surface area (Å²) in [7, 11) is 0. The lowest BCUT2D eigenvalue weighted by atomic mass is 10.1. The first-order valence-electron chi connectivity index (χ1n) is 4.42. The second-order valence-corrected chi connectivity index (χ2v) is 4.68. The quantitative estimate of drug-likeness (QED) is 0.671. The van der Waals surface area contributed by atoms with E-state index in [-0.39, 0.29) is 0 Å². The van der Waals surface area contributed by atoms with E-state index in [4.69, 9.17) is 0 Å². The Morgan fingerprint density at radius 3 is 2.85 bits per heavy atom. The van der Waals surface area contributed by atoms with E-state index >= 15 is 0 Å². The van der Waals surface area contributed by atoms with Crippen LogP contribution < -0.4 is 0 Å². The smallest absolute Gasteiger partial charge is 0.0359 e. The summed E-state index contributed by atoms with van der Waals surface area (Å²) in [6.45, 7) is 4.36. The van der Waals surface area contributed by atoms with Crippen LogP contribution in [0.2, 0.25) is 0 Å². The monoisotopic (exact) mass is 208 g/mol. The highest BCUT2D eigenvalue weighted by atomic mass is 32.1. The molecule has 0 saturated heterocycles. The van der Waals surface area contributed by atoms with Gasteiger partial charge in [-0.25, -0.2) is 0 Å². The third kappa shape index (κ3) is 1.49. The summed E-state index contributed by atoms with van der Waals surface area (Å²) in [5.41, 5.74) is 2.81. The highest BCUT2D eigenvalue weighted by Crippen LogP contribution is 2.31. The summed E-state index contributed by atoms with van der Waals surface area (Å²) < 4.78 is 1.36. The van der Waals surface area contributed by atoms with Gasteiger partial charge in [-0.05, 0) is 47.4 Å². The zero-order chi connectivity index (χ0) is 9.42. The first-order valence-corrected chi connectivity index (χ1v) is 5.74. The predicted octanol–water partition coefficient (Wildman–Crippen LogP) is 4.06. The molecular formula is C11H12S2. The van der Waals surface area contributed by atoms with Crippen LogP contribution in [-0.2, 0) is 6.42 Å². The second kappa shape index (κ2) is 3.35. The number of hydrogen-bond acceptors (Lipinski definition) is 2. The Morgan fingerprint density at radius 1 is 1.38 bits per heavy atom. The summed E-state index contributed by atoms with van der Waals surface area (Å²) in [5, 5.41) is 3.69. The van der Waals surface area contributed by atoms with Crippen molar-refractivity contribution >= 4 is 34.1 Å². The molecule has 0 fully saturated rings. The van der Waals surface area contributed by atoms with Crippen molar-refractivity contribution in [1.82, 2.24) is 0 Å². The fourth-order valence-electron chi connectivity index (χ4n) is 1.69. The van der Waals surface area contributed by atoms with Crippen molar-refractivity contribution in [3.63, 3.8) is 0 Å². The van der Waals surface area contributed by atoms with Crippen molar-refractivity contribution in [2.45, 2.75) is 25.2 Å². The van der Waals surface area contributed by atoms with Crippen LogP contribution >= 0.6 is 24.0 Å². The zero-order valence-electron chi connectivity index (χ0n) is 7.79. The molecule has 0 radical (unpaired) electrons. The Bertz CT molecular complexity index is 441. The largest absolute Gasteiger partial charge is 0.143 e. The van der Waals surface area contributed by atoms with Gasteiger partial charge in [-0.1, -0.05) is 6.92 Å². The van der Waals surface area contributed by atoms with E-state index in [2.05, 4.69) is 44.0 Å². The molecule has 0 amide bonds. The van der Waals surface area contributed by atoms with Gasteiger partial charge in [0.25, 0.3) is 0 Å². The van der Waals surface area contributed by atoms with Gasteiger partial charge in [0.05, 0.1) is 0 Å². The molecule has 2 aromatic rings. The lowest BCUT2D eigenvalue weighted by molar-refractivity contribution is 1.17. The number of benzene rings is 1. The molecule has 1 heterocycles. The highest BCUT2D eigenvalue weighted by Gasteiger charge is 2.05. The third-order valence-corrected chi connectivity index (χ3v) is 3.55. The van der Waals surface area contributed by atoms with Gasteiger partial charge in [-0.15, -0.1) is 24.0 Å². The minimum absolute atomic E-state index is 1.06. The van der Waals surface area contributed by atoms with Gasteiger partial charge in [0.15, 0.2) is 0 Å². The summed E-state index contributed by atoms with van der Waals surface area (Å²) in [4.78, 5) is 1.06. The molecule has 0 spiro atoms. The van der Waals surface area contributed by atoms with Gasteiger partial charge in [0.2, 0.25) is 0 Å². The summed E-state index contributed by atoms with van der Waals surface area (Å²) in [6, 6.07) is 4.28. The van der Waals surface area contributed by atoms with E-state index in [9.17, 15) is 0 Å². The molecule has 0 bridgehead atoms. The van der Waals surface area contributed by atoms with Gasteiger partial charge >= 0.3 is 0 Å². The number of rotatable bonds is 1. The third-order valence-electron chi connectivity index (χ3n) is 2.31. The number of aryl methyl sites for hydroxylation is 2. The van der Waals surface area contributed by atoms with Crippen molar-refractivity contribution in [3.8, 4) is 0 Å². The van der Waals surface area contributed by atoms with Crippen molar-refractivity contribution in [2.24, 2.45) is 0 Å². The maximum atomic E-state index is 4.38. The van der Waals surface area contributed by atoms with Crippen LogP contribution in [0, 0.1) is 6.92 Å². The minimum atomic E-state index is 1.06. The van der Waals surface area contributed by atoms with Gasteiger partial charge in [0.1, 0.15) is 0 Å². The van der Waals surface area contributed by atoms with Crippen LogP contribution in [0.4, 0.5) is 0 Å². The average molecular weight is 208 g/mol. The highest BCUT2D eigenvalue weighted by molar-refractivity contribution is 7.80. The Balaban J connectivity index is 2.82. The van der Waals surface area contributed by atoms with Gasteiger partial charge in [0, 0.05) is 9.60 Å². The molecule has 68 valence electrons. The molecule has 0 aliphatic heterocycles. The maximum absolute atomic E-state index is 4.38. The molecule has 1 aromatic carbocycles. The van der Waals surface area contributed by atoms with E-state index in [0.29, 0.717) is 0 Å². The molecule has 1 aromatic heterocycles. The van der Waals surface area contributed by atoms with Crippen LogP contribution in [0.3, 0.4) is 0 Å². The van der Waals surface area contributed by atoms with Gasteiger partial charge in [-0.2, -0.15) is 0 Å². The lowest BCUT2D eigenvalue weighted by Crippen LogP contribution is -1.80. The van der Waals surface area contributed by atoms with Crippen molar-refractivity contribution in [2.75, 3.05) is 0 Å². The molecule has 0 aliphatic rings. The topological polar surface area (TPSA) is 0 Å². The zero-order valence-corrected chi connectivity index (χ0v) is 9.51. The predicted molar refractivity (Wildman–Crippen MR) is 63.2 cm³/mol. The normalized spacial score (nSPS) is 11.0. The molecule has 2 rings (SSSR count). The first-order chi connectivity index (χ1) is 6.22. The molecule has 0 N–H and O–H groups in total. The molecule has 0 saturated carbocycles. The van der Waals surface area contributed by atoms with E-state index in [1.807, 2.05) is 11.3 Å². The van der Waals surface area contributed by atoms with Crippen LogP contribution in [0.25, 0.3) is 10.1 Å². The SMILES string of the molecule is CCc1csc2cc(S)cc(C)c12. The standard InChI is InChI=1S/C11H12S2/c1-3-8-6-13-10-5-9(12)4-7(2)11(8)10/h4-6,12H,3H2,1-2H3. The Hall–Kier alpha value is -0.470. The van der Waals surface area contributed by atoms with Gasteiger partial charge < -0.3 is 0 Å². The summed E-state index contributed by atoms with van der Waals surface area (Å²) in [5.74, 6) is 0. The number of fused-ring (bicyclic) bond motifs is 1. The van der Waals surface area contributed by atoms with Crippen molar-refractivity contribution < 1.29 is 0 Å². The Morgan fingerprint density at radius 2 is 2.15 bits per heavy atom. The summed E-state index contributed by atoms with van der Waals surface area (Å²) in [6.07, 6.45) is 1.12. The number of thiophene rings is 1. The fourth-order valence-corrected chi connectivity index (χ4v) is 3.26. The van der Waals surface area contributed by atoms with E-state index in [1.165, 1.54) is 21.2 Å². The van der Waals surface area contributed by atoms with E-state index < -0.39 is 0 Å². The average Bonchev–Trinajstić information content (AvgIpc) is 2.47. The maximum Gasteiger partial charge on any atom is 0.0359 e. The van der Waals surface area contributed by atoms with Crippen LogP contribution in [0.5, 0.6) is 0 Å². The Kier molecular flexibility index (Phi) is 2.35. The number of hydrogen-bond donors (Lipinski definition) is 1. The minimum Gasteiger partial charge on any atom is -0.143 e. The molecule has 0 unspecified atom stereocenters. The molecule has 13 heavy (non-hydrogen) atoms. The van der Waals surface area contributed by atoms with Crippen LogP contribution in [0.15, 0.2) is 22.4 Å². The second-order valence-electron chi connectivity index (χ2n) is 3.25. The molecular weight excluding hydrogens is 196 g/mol. The first kappa shape index (κ1) is 9.10. The summed E-state index contributed by atoms with van der Waals surface area (Å²) >= 11 is 6.19. The number of thiol groups is 1. The molecule has 2 heteroatoms. The lowest BCUT2D eigenvalue weighted by Gasteiger charge is -2.00. The van der Waals surface area contributed by atoms with E-state index in [1.54, 1.807) is 0 Å². The van der Waals surface area contributed by atoms with Crippen molar-refractivity contribution in [1.29, 1.82) is 0 Å². The molecule has 0 atom stereocenters. The fraction of sp³-hybridized carbons (Fsp3) is 0.273. The van der Waals surface area contributed by atoms with Crippen LogP contribution in [0.1, 0.15) is 18.1 Å². The van der Waals surface area contributed by atoms with Crippen molar-refractivity contribution in [3.05, 3.63) is 28.6 Å². The van der Waals surface area contributed by atoms with E-state index in [0.717, 1.165) is 11.3 Å².